The summed E-state index contributed by atoms with van der Waals surface area (Å²) in [5, 5.41) is 1.62. The maximum atomic E-state index is 13.0. The summed E-state index contributed by atoms with van der Waals surface area (Å²) in [5.41, 5.74) is 1.75. The van der Waals surface area contributed by atoms with Crippen LogP contribution in [0.15, 0.2) is 58.5 Å². The van der Waals surface area contributed by atoms with Crippen LogP contribution in [-0.4, -0.2) is 57.2 Å². The lowest BCUT2D eigenvalue weighted by Crippen LogP contribution is -2.49. The van der Waals surface area contributed by atoms with E-state index < -0.39 is 0 Å². The van der Waals surface area contributed by atoms with E-state index in [0.29, 0.717) is 40.2 Å². The number of hydrogen-bond acceptors (Lipinski definition) is 5. The lowest BCUT2D eigenvalue weighted by Gasteiger charge is -2.38. The maximum Gasteiger partial charge on any atom is 0.262 e. The zero-order chi connectivity index (χ0) is 23.5. The number of halogens is 1. The number of amides is 1. The van der Waals surface area contributed by atoms with Crippen LogP contribution in [0.1, 0.15) is 38.4 Å². The molecule has 8 heteroatoms. The lowest BCUT2D eigenvalue weighted by atomic mass is 10.1. The number of fused-ring (bicyclic) bond motifs is 1. The van der Waals surface area contributed by atoms with Gasteiger partial charge in [0.2, 0.25) is 5.91 Å². The fraction of sp³-hybridized carbons (Fsp3) is 0.400. The fourth-order valence-electron chi connectivity index (χ4n) is 4.23. The Hall–Kier alpha value is -2.35. The number of benzene rings is 2. The molecule has 0 N–H and O–H groups in total. The molecule has 0 radical (unpaired) electrons. The van der Waals surface area contributed by atoms with Gasteiger partial charge in [-0.15, -0.1) is 0 Å². The Morgan fingerprint density at radius 2 is 1.76 bits per heavy atom. The Morgan fingerprint density at radius 1 is 1.06 bits per heavy atom. The summed E-state index contributed by atoms with van der Waals surface area (Å²) in [5.74, 6) is 0.321. The van der Waals surface area contributed by atoms with Gasteiger partial charge in [0.25, 0.3) is 5.56 Å². The van der Waals surface area contributed by atoms with Gasteiger partial charge in [-0.05, 0) is 44.5 Å². The van der Waals surface area contributed by atoms with E-state index in [1.807, 2.05) is 24.8 Å². The van der Waals surface area contributed by atoms with Crippen LogP contribution in [0.5, 0.6) is 0 Å². The third-order valence-corrected chi connectivity index (χ3v) is 7.34. The van der Waals surface area contributed by atoms with Crippen molar-refractivity contribution in [3.05, 3.63) is 69.5 Å². The van der Waals surface area contributed by atoms with E-state index in [1.165, 1.54) is 17.3 Å². The van der Waals surface area contributed by atoms with E-state index in [-0.39, 0.29) is 23.3 Å². The van der Waals surface area contributed by atoms with Crippen molar-refractivity contribution >= 4 is 40.2 Å². The lowest BCUT2D eigenvalue weighted by molar-refractivity contribution is -0.130. The molecule has 33 heavy (non-hydrogen) atoms. The second-order valence-corrected chi connectivity index (χ2v) is 10.00. The Labute approximate surface area is 203 Å². The van der Waals surface area contributed by atoms with Crippen LogP contribution in [-0.2, 0) is 4.79 Å². The number of hydrogen-bond donors (Lipinski definition) is 0. The summed E-state index contributed by atoms with van der Waals surface area (Å²) in [6.07, 6.45) is 0. The van der Waals surface area contributed by atoms with Crippen molar-refractivity contribution in [2.75, 3.05) is 31.9 Å². The van der Waals surface area contributed by atoms with Gasteiger partial charge < -0.3 is 4.90 Å². The van der Waals surface area contributed by atoms with Crippen LogP contribution in [0.2, 0.25) is 5.02 Å². The minimum atomic E-state index is -0.106. The predicted octanol–water partition coefficient (Wildman–Crippen LogP) is 4.63. The molecule has 6 nitrogen and oxygen atoms in total. The van der Waals surface area contributed by atoms with Crippen molar-refractivity contribution in [3.8, 4) is 0 Å². The van der Waals surface area contributed by atoms with Crippen LogP contribution >= 0.6 is 23.4 Å². The smallest absolute Gasteiger partial charge is 0.262 e. The van der Waals surface area contributed by atoms with Crippen LogP contribution in [0, 0.1) is 0 Å². The molecule has 1 unspecified atom stereocenters. The Morgan fingerprint density at radius 3 is 2.42 bits per heavy atom. The van der Waals surface area contributed by atoms with Crippen molar-refractivity contribution in [1.29, 1.82) is 0 Å². The number of carbonyl (C=O) groups excluding carboxylic acids is 1. The molecular formula is C25H29ClN4O2S. The van der Waals surface area contributed by atoms with Gasteiger partial charge >= 0.3 is 0 Å². The van der Waals surface area contributed by atoms with E-state index in [1.54, 1.807) is 22.8 Å². The number of rotatable bonds is 6. The molecule has 1 amide bonds. The first-order valence-corrected chi connectivity index (χ1v) is 12.6. The van der Waals surface area contributed by atoms with Crippen molar-refractivity contribution in [2.24, 2.45) is 0 Å². The number of nitrogens with zero attached hydrogens (tertiary/aromatic N) is 4. The molecule has 1 fully saturated rings. The average molecular weight is 485 g/mol. The van der Waals surface area contributed by atoms with Crippen LogP contribution in [0.4, 0.5) is 0 Å². The standard InChI is InChI=1S/C25H29ClN4O2S/c1-17(2)30-24(32)21-10-9-20(26)15-22(21)27-25(30)33-16-23(31)29-13-11-28(12-14-29)18(3)19-7-5-4-6-8-19/h4-10,15,17-18H,11-14,16H2,1-3H3. The topological polar surface area (TPSA) is 58.4 Å². The Bertz CT molecular complexity index is 1190. The highest BCUT2D eigenvalue weighted by molar-refractivity contribution is 7.99. The molecule has 0 aliphatic carbocycles. The molecule has 4 rings (SSSR count). The van der Waals surface area contributed by atoms with Gasteiger partial charge in [-0.1, -0.05) is 53.7 Å². The molecule has 0 saturated carbocycles. The SMILES string of the molecule is CC(c1ccccc1)N1CCN(C(=O)CSc2nc3cc(Cl)ccc3c(=O)n2C(C)C)CC1. The predicted molar refractivity (Wildman–Crippen MR) is 135 cm³/mol. The molecule has 1 aliphatic rings. The van der Waals surface area contributed by atoms with Gasteiger partial charge in [0, 0.05) is 43.3 Å². The molecular weight excluding hydrogens is 456 g/mol. The summed E-state index contributed by atoms with van der Waals surface area (Å²) in [7, 11) is 0. The molecule has 1 aliphatic heterocycles. The van der Waals surface area contributed by atoms with E-state index in [4.69, 9.17) is 11.6 Å². The number of carbonyl (C=O) groups is 1. The van der Waals surface area contributed by atoms with Gasteiger partial charge in [-0.3, -0.25) is 19.1 Å². The van der Waals surface area contributed by atoms with Crippen molar-refractivity contribution in [3.63, 3.8) is 0 Å². The molecule has 1 atom stereocenters. The molecule has 174 valence electrons. The van der Waals surface area contributed by atoms with E-state index in [9.17, 15) is 9.59 Å². The minimum Gasteiger partial charge on any atom is -0.339 e. The van der Waals surface area contributed by atoms with Crippen LogP contribution in [0.25, 0.3) is 10.9 Å². The highest BCUT2D eigenvalue weighted by Gasteiger charge is 2.25. The fourth-order valence-corrected chi connectivity index (χ4v) is 5.42. The first-order chi connectivity index (χ1) is 15.8. The molecule has 1 saturated heterocycles. The average Bonchev–Trinajstić information content (AvgIpc) is 2.82. The largest absolute Gasteiger partial charge is 0.339 e. The van der Waals surface area contributed by atoms with Crippen LogP contribution < -0.4 is 5.56 Å². The minimum absolute atomic E-state index is 0.0642. The van der Waals surface area contributed by atoms with Gasteiger partial charge in [0.1, 0.15) is 0 Å². The number of aromatic nitrogens is 2. The third-order valence-electron chi connectivity index (χ3n) is 6.17. The van der Waals surface area contributed by atoms with Gasteiger partial charge in [-0.2, -0.15) is 0 Å². The summed E-state index contributed by atoms with van der Waals surface area (Å²) < 4.78 is 1.66. The summed E-state index contributed by atoms with van der Waals surface area (Å²) in [6, 6.07) is 15.8. The normalized spacial score (nSPS) is 15.8. The van der Waals surface area contributed by atoms with E-state index in [2.05, 4.69) is 41.1 Å². The van der Waals surface area contributed by atoms with Crippen LogP contribution in [0.3, 0.4) is 0 Å². The Balaban J connectivity index is 1.42. The van der Waals surface area contributed by atoms with Crippen molar-refractivity contribution < 1.29 is 4.79 Å². The van der Waals surface area contributed by atoms with Gasteiger partial charge in [0.05, 0.1) is 16.7 Å². The molecule has 1 aromatic heterocycles. The zero-order valence-electron chi connectivity index (χ0n) is 19.2. The molecule has 0 bridgehead atoms. The first kappa shape index (κ1) is 23.8. The second-order valence-electron chi connectivity index (χ2n) is 8.62. The molecule has 0 spiro atoms. The van der Waals surface area contributed by atoms with E-state index in [0.717, 1.165) is 13.1 Å². The monoisotopic (exact) mass is 484 g/mol. The number of piperazine rings is 1. The quantitative estimate of drug-likeness (QED) is 0.377. The van der Waals surface area contributed by atoms with Gasteiger partial charge in [-0.25, -0.2) is 4.98 Å². The molecule has 3 aromatic rings. The molecule has 2 heterocycles. The van der Waals surface area contributed by atoms with Gasteiger partial charge in [0.15, 0.2) is 5.16 Å². The van der Waals surface area contributed by atoms with Crippen molar-refractivity contribution in [2.45, 2.75) is 38.0 Å². The zero-order valence-corrected chi connectivity index (χ0v) is 20.8. The first-order valence-electron chi connectivity index (χ1n) is 11.3. The Kier molecular flexibility index (Phi) is 7.41. The van der Waals surface area contributed by atoms with E-state index >= 15 is 0 Å². The molecule has 2 aromatic carbocycles. The third kappa shape index (κ3) is 5.26. The maximum absolute atomic E-state index is 13.0. The van der Waals surface area contributed by atoms with Crippen molar-refractivity contribution in [1.82, 2.24) is 19.4 Å². The highest BCUT2D eigenvalue weighted by atomic mass is 35.5. The second kappa shape index (κ2) is 10.3. The summed E-state index contributed by atoms with van der Waals surface area (Å²) >= 11 is 7.43. The summed E-state index contributed by atoms with van der Waals surface area (Å²) in [4.78, 5) is 35.0. The number of thioether (sulfide) groups is 1. The summed E-state index contributed by atoms with van der Waals surface area (Å²) in [6.45, 7) is 9.20. The highest BCUT2D eigenvalue weighted by Crippen LogP contribution is 2.24.